The van der Waals surface area contributed by atoms with E-state index in [0.29, 0.717) is 17.7 Å². The highest BCUT2D eigenvalue weighted by Crippen LogP contribution is 2.53. The molecule has 0 radical (unpaired) electrons. The highest BCUT2D eigenvalue weighted by molar-refractivity contribution is 5.92. The number of nitrogens with zero attached hydrogens (tertiary/aromatic N) is 4. The first-order chi connectivity index (χ1) is 10.8. The molecule has 114 valence electrons. The lowest BCUT2D eigenvalue weighted by Gasteiger charge is -2.52. The first-order valence-electron chi connectivity index (χ1n) is 8.11. The summed E-state index contributed by atoms with van der Waals surface area (Å²) in [7, 11) is 0. The number of fused-ring (bicyclic) bond motifs is 3. The van der Waals surface area contributed by atoms with E-state index in [1.807, 2.05) is 10.6 Å². The molecule has 1 amide bonds. The van der Waals surface area contributed by atoms with Gasteiger partial charge in [-0.05, 0) is 44.7 Å². The van der Waals surface area contributed by atoms with Crippen molar-refractivity contribution in [1.82, 2.24) is 24.6 Å². The standard InChI is InChI=1S/C16H19N5O/c22-15(12-10-20-8-5-17-13(20)9-18-12)19-14-11-1-6-21(7-2-11)16(14)3-4-16/h5,8-11,14H,1-4,6-7H2,(H,19,22)/t14-/m1/s1. The Morgan fingerprint density at radius 3 is 2.86 bits per heavy atom. The molecule has 0 aromatic carbocycles. The number of imidazole rings is 1. The van der Waals surface area contributed by atoms with E-state index in [1.165, 1.54) is 38.8 Å². The van der Waals surface area contributed by atoms with Crippen molar-refractivity contribution in [2.75, 3.05) is 13.1 Å². The van der Waals surface area contributed by atoms with Crippen molar-refractivity contribution in [2.24, 2.45) is 5.92 Å². The maximum absolute atomic E-state index is 12.6. The van der Waals surface area contributed by atoms with Crippen LogP contribution in [0.4, 0.5) is 0 Å². The van der Waals surface area contributed by atoms with Crippen molar-refractivity contribution >= 4 is 11.6 Å². The molecule has 0 unspecified atom stereocenters. The zero-order valence-corrected chi connectivity index (χ0v) is 12.4. The van der Waals surface area contributed by atoms with Crippen LogP contribution in [0.15, 0.2) is 24.8 Å². The van der Waals surface area contributed by atoms with E-state index in [0.717, 1.165) is 5.65 Å². The van der Waals surface area contributed by atoms with Gasteiger partial charge in [-0.1, -0.05) is 0 Å². The average Bonchev–Trinajstić information content (AvgIpc) is 3.18. The highest BCUT2D eigenvalue weighted by Gasteiger charge is 2.60. The van der Waals surface area contributed by atoms with E-state index >= 15 is 0 Å². The number of aromatic nitrogens is 3. The minimum atomic E-state index is -0.0550. The Balaban J connectivity index is 1.42. The molecule has 4 fully saturated rings. The van der Waals surface area contributed by atoms with Gasteiger partial charge in [0.15, 0.2) is 5.65 Å². The summed E-state index contributed by atoms with van der Waals surface area (Å²) >= 11 is 0. The molecule has 22 heavy (non-hydrogen) atoms. The van der Waals surface area contributed by atoms with Crippen molar-refractivity contribution in [1.29, 1.82) is 0 Å². The molecule has 6 rings (SSSR count). The van der Waals surface area contributed by atoms with Gasteiger partial charge in [-0.15, -0.1) is 0 Å². The summed E-state index contributed by atoms with van der Waals surface area (Å²) < 4.78 is 1.84. The van der Waals surface area contributed by atoms with Crippen LogP contribution in [0, 0.1) is 5.92 Å². The first kappa shape index (κ1) is 12.6. The van der Waals surface area contributed by atoms with Gasteiger partial charge < -0.3 is 9.72 Å². The number of carbonyl (C=O) groups excluding carboxylic acids is 1. The minimum absolute atomic E-state index is 0.0550. The van der Waals surface area contributed by atoms with Gasteiger partial charge in [0.1, 0.15) is 5.69 Å². The van der Waals surface area contributed by atoms with Gasteiger partial charge in [-0.25, -0.2) is 9.97 Å². The minimum Gasteiger partial charge on any atom is -0.346 e. The average molecular weight is 297 g/mol. The molecule has 4 aliphatic rings. The lowest BCUT2D eigenvalue weighted by atomic mass is 9.77. The summed E-state index contributed by atoms with van der Waals surface area (Å²) in [5.41, 5.74) is 1.49. The van der Waals surface area contributed by atoms with Crippen molar-refractivity contribution in [3.8, 4) is 0 Å². The number of piperidine rings is 3. The fourth-order valence-corrected chi connectivity index (χ4v) is 4.48. The third-order valence-corrected chi connectivity index (χ3v) is 5.78. The molecule has 6 nitrogen and oxygen atoms in total. The predicted octanol–water partition coefficient (Wildman–Crippen LogP) is 1.09. The summed E-state index contributed by atoms with van der Waals surface area (Å²) in [6, 6.07) is 0.294. The molecule has 2 aromatic rings. The van der Waals surface area contributed by atoms with Crippen molar-refractivity contribution in [2.45, 2.75) is 37.3 Å². The zero-order chi connectivity index (χ0) is 14.7. The Bertz CT molecular complexity index is 742. The van der Waals surface area contributed by atoms with Gasteiger partial charge in [0.2, 0.25) is 0 Å². The fourth-order valence-electron chi connectivity index (χ4n) is 4.48. The molecular formula is C16H19N5O. The van der Waals surface area contributed by atoms with Crippen LogP contribution in [0.2, 0.25) is 0 Å². The van der Waals surface area contributed by atoms with Gasteiger partial charge in [-0.2, -0.15) is 0 Å². The van der Waals surface area contributed by atoms with Crippen LogP contribution in [0.3, 0.4) is 0 Å². The Hall–Kier alpha value is -1.95. The van der Waals surface area contributed by atoms with Gasteiger partial charge in [0.05, 0.1) is 12.2 Å². The Morgan fingerprint density at radius 1 is 1.27 bits per heavy atom. The van der Waals surface area contributed by atoms with Crippen LogP contribution >= 0.6 is 0 Å². The largest absolute Gasteiger partial charge is 0.346 e. The van der Waals surface area contributed by atoms with E-state index < -0.39 is 0 Å². The van der Waals surface area contributed by atoms with Crippen LogP contribution in [0.1, 0.15) is 36.2 Å². The van der Waals surface area contributed by atoms with E-state index in [2.05, 4.69) is 20.2 Å². The molecular weight excluding hydrogens is 278 g/mol. The predicted molar refractivity (Wildman–Crippen MR) is 80.5 cm³/mol. The number of carbonyl (C=O) groups is 1. The molecule has 3 saturated heterocycles. The van der Waals surface area contributed by atoms with E-state index in [-0.39, 0.29) is 11.4 Å². The summed E-state index contributed by atoms with van der Waals surface area (Å²) in [5.74, 6) is 0.578. The van der Waals surface area contributed by atoms with Gasteiger partial charge in [0, 0.05) is 24.1 Å². The molecule has 6 heteroatoms. The molecule has 3 aliphatic heterocycles. The normalized spacial score (nSPS) is 31.5. The van der Waals surface area contributed by atoms with Crippen LogP contribution in [-0.4, -0.2) is 49.8 Å². The molecule has 5 heterocycles. The van der Waals surface area contributed by atoms with Crippen molar-refractivity contribution < 1.29 is 4.79 Å². The molecule has 1 spiro atoms. The second-order valence-electron chi connectivity index (χ2n) is 6.84. The number of rotatable bonds is 2. The van der Waals surface area contributed by atoms with E-state index in [1.54, 1.807) is 18.6 Å². The monoisotopic (exact) mass is 297 g/mol. The Kier molecular flexibility index (Phi) is 2.45. The number of hydrogen-bond donors (Lipinski definition) is 1. The molecule has 1 N–H and O–H groups in total. The van der Waals surface area contributed by atoms with Crippen molar-refractivity contribution in [3.63, 3.8) is 0 Å². The summed E-state index contributed by atoms with van der Waals surface area (Å²) in [5, 5.41) is 3.30. The maximum Gasteiger partial charge on any atom is 0.271 e. The first-order valence-corrected chi connectivity index (χ1v) is 8.11. The highest BCUT2D eigenvalue weighted by atomic mass is 16.2. The molecule has 1 aliphatic carbocycles. The maximum atomic E-state index is 12.6. The smallest absolute Gasteiger partial charge is 0.271 e. The third-order valence-electron chi connectivity index (χ3n) is 5.78. The third kappa shape index (κ3) is 1.67. The quantitative estimate of drug-likeness (QED) is 0.901. The van der Waals surface area contributed by atoms with E-state index in [9.17, 15) is 4.79 Å². The Labute approximate surface area is 128 Å². The Morgan fingerprint density at radius 2 is 2.09 bits per heavy atom. The topological polar surface area (TPSA) is 62.5 Å². The lowest BCUT2D eigenvalue weighted by molar-refractivity contribution is -0.00153. The zero-order valence-electron chi connectivity index (χ0n) is 12.4. The number of hydrogen-bond acceptors (Lipinski definition) is 4. The molecule has 2 bridgehead atoms. The summed E-state index contributed by atoms with van der Waals surface area (Å²) in [6.45, 7) is 2.41. The SMILES string of the molecule is O=C(N[C@@H]1C2CCN(CC2)C12CC2)c1cn2ccnc2cn1. The van der Waals surface area contributed by atoms with Crippen LogP contribution < -0.4 is 5.32 Å². The van der Waals surface area contributed by atoms with Crippen LogP contribution in [0.5, 0.6) is 0 Å². The van der Waals surface area contributed by atoms with E-state index in [4.69, 9.17) is 0 Å². The molecule has 2 aromatic heterocycles. The second kappa shape index (κ2) is 4.29. The van der Waals surface area contributed by atoms with Crippen LogP contribution in [0.25, 0.3) is 5.65 Å². The summed E-state index contributed by atoms with van der Waals surface area (Å²) in [4.78, 5) is 23.7. The lowest BCUT2D eigenvalue weighted by Crippen LogP contribution is -2.65. The number of amides is 1. The molecule has 1 atom stereocenters. The van der Waals surface area contributed by atoms with Gasteiger partial charge in [-0.3, -0.25) is 9.69 Å². The fraction of sp³-hybridized carbons (Fsp3) is 0.562. The molecule has 1 saturated carbocycles. The second-order valence-corrected chi connectivity index (χ2v) is 6.84. The van der Waals surface area contributed by atoms with Gasteiger partial charge >= 0.3 is 0 Å². The van der Waals surface area contributed by atoms with Crippen molar-refractivity contribution in [3.05, 3.63) is 30.5 Å². The number of nitrogens with one attached hydrogen (secondary N) is 1. The van der Waals surface area contributed by atoms with Gasteiger partial charge in [0.25, 0.3) is 5.91 Å². The van der Waals surface area contributed by atoms with Crippen LogP contribution in [-0.2, 0) is 0 Å². The summed E-state index contributed by atoms with van der Waals surface area (Å²) in [6.07, 6.45) is 11.8.